The number of carbonyl (C=O) groups is 2. The molecule has 2 aromatic carbocycles. The highest BCUT2D eigenvalue weighted by Crippen LogP contribution is 2.37. The summed E-state index contributed by atoms with van der Waals surface area (Å²) in [5.41, 5.74) is 1.77. The summed E-state index contributed by atoms with van der Waals surface area (Å²) < 4.78 is 0. The van der Waals surface area contributed by atoms with Crippen molar-refractivity contribution in [1.29, 1.82) is 0 Å². The van der Waals surface area contributed by atoms with Crippen molar-refractivity contribution in [2.45, 2.75) is 56.8 Å². The van der Waals surface area contributed by atoms with Gasteiger partial charge in [0.05, 0.1) is 0 Å². The Kier molecular flexibility index (Phi) is 7.16. The molecule has 2 fully saturated rings. The van der Waals surface area contributed by atoms with Crippen LogP contribution in [0.25, 0.3) is 0 Å². The minimum atomic E-state index is -0.219. The molecule has 2 aliphatic rings. The molecule has 2 saturated heterocycles. The molecule has 164 valence electrons. The highest BCUT2D eigenvalue weighted by atomic mass is 35.5. The second-order valence-corrected chi connectivity index (χ2v) is 9.31. The Hall–Kier alpha value is -2.08. The first-order valence-corrected chi connectivity index (χ1v) is 11.6. The Labute approximate surface area is 193 Å². The average Bonchev–Trinajstić information content (AvgIpc) is 2.97. The van der Waals surface area contributed by atoms with Crippen LogP contribution in [0.1, 0.15) is 48.0 Å². The predicted molar refractivity (Wildman–Crippen MR) is 123 cm³/mol. The molecule has 0 aliphatic carbocycles. The zero-order valence-electron chi connectivity index (χ0n) is 17.3. The molecule has 0 radical (unpaired) electrons. The van der Waals surface area contributed by atoms with Gasteiger partial charge in [-0.3, -0.25) is 14.5 Å². The van der Waals surface area contributed by atoms with E-state index in [4.69, 9.17) is 23.2 Å². The fourth-order valence-electron chi connectivity index (χ4n) is 4.77. The molecule has 2 amide bonds. The average molecular weight is 460 g/mol. The van der Waals surface area contributed by atoms with Gasteiger partial charge < -0.3 is 10.6 Å². The van der Waals surface area contributed by atoms with E-state index in [0.717, 1.165) is 24.4 Å². The molecule has 0 spiro atoms. The summed E-state index contributed by atoms with van der Waals surface area (Å²) in [5.74, 6) is -0.231. The lowest BCUT2D eigenvalue weighted by Crippen LogP contribution is -2.50. The van der Waals surface area contributed by atoms with Crippen molar-refractivity contribution in [3.63, 3.8) is 0 Å². The van der Waals surface area contributed by atoms with E-state index in [1.807, 2.05) is 12.1 Å². The van der Waals surface area contributed by atoms with Crippen LogP contribution >= 0.6 is 23.2 Å². The van der Waals surface area contributed by atoms with Gasteiger partial charge in [-0.2, -0.15) is 0 Å². The Morgan fingerprint density at radius 1 is 0.968 bits per heavy atom. The van der Waals surface area contributed by atoms with Crippen molar-refractivity contribution < 1.29 is 9.59 Å². The van der Waals surface area contributed by atoms with E-state index in [0.29, 0.717) is 29.2 Å². The number of nitrogens with one attached hydrogen (secondary N) is 2. The smallest absolute Gasteiger partial charge is 0.251 e. The van der Waals surface area contributed by atoms with Crippen molar-refractivity contribution in [3.8, 4) is 0 Å². The molecule has 5 nitrogen and oxygen atoms in total. The van der Waals surface area contributed by atoms with Gasteiger partial charge in [0.15, 0.2) is 0 Å². The Morgan fingerprint density at radius 2 is 1.68 bits per heavy atom. The molecule has 3 atom stereocenters. The van der Waals surface area contributed by atoms with Crippen LogP contribution in [0.15, 0.2) is 48.5 Å². The van der Waals surface area contributed by atoms with Gasteiger partial charge in [-0.25, -0.2) is 0 Å². The summed E-state index contributed by atoms with van der Waals surface area (Å²) in [4.78, 5) is 27.1. The molecule has 0 aromatic heterocycles. The summed E-state index contributed by atoms with van der Waals surface area (Å²) in [6.07, 6.45) is 4.59. The van der Waals surface area contributed by atoms with Crippen LogP contribution in [-0.4, -0.2) is 41.4 Å². The van der Waals surface area contributed by atoms with Gasteiger partial charge in [-0.05, 0) is 61.6 Å². The van der Waals surface area contributed by atoms with Gasteiger partial charge in [-0.15, -0.1) is 0 Å². The molecule has 4 rings (SSSR count). The molecule has 7 heteroatoms. The number of nitrogens with zero attached hydrogens (tertiary/aromatic N) is 1. The Bertz CT molecular complexity index is 921. The van der Waals surface area contributed by atoms with E-state index in [1.165, 1.54) is 18.4 Å². The molecular formula is C24H27Cl2N3O2. The fourth-order valence-corrected chi connectivity index (χ4v) is 5.09. The van der Waals surface area contributed by atoms with Crippen LogP contribution in [-0.2, 0) is 11.3 Å². The van der Waals surface area contributed by atoms with E-state index in [9.17, 15) is 9.59 Å². The van der Waals surface area contributed by atoms with Crippen LogP contribution in [0.2, 0.25) is 10.0 Å². The maximum Gasteiger partial charge on any atom is 0.251 e. The van der Waals surface area contributed by atoms with E-state index in [-0.39, 0.29) is 24.3 Å². The van der Waals surface area contributed by atoms with E-state index in [2.05, 4.69) is 27.7 Å². The largest absolute Gasteiger partial charge is 0.353 e. The van der Waals surface area contributed by atoms with Crippen molar-refractivity contribution in [1.82, 2.24) is 15.5 Å². The highest BCUT2D eigenvalue weighted by Gasteiger charge is 2.40. The SMILES string of the molecule is O=C(CCNC(=O)c1cccc(Cl)c1)N[C@H]1C[C@H]2CC[C@@H](C1)N2Cc1ccc(Cl)cc1. The van der Waals surface area contributed by atoms with Gasteiger partial charge >= 0.3 is 0 Å². The Balaban J connectivity index is 1.21. The first-order valence-electron chi connectivity index (χ1n) is 10.8. The number of carbonyl (C=O) groups excluding carboxylic acids is 2. The second kappa shape index (κ2) is 10.0. The number of benzene rings is 2. The summed E-state index contributed by atoms with van der Waals surface area (Å²) in [6.45, 7) is 1.24. The van der Waals surface area contributed by atoms with Gasteiger partial charge in [-0.1, -0.05) is 41.4 Å². The summed E-state index contributed by atoms with van der Waals surface area (Å²) >= 11 is 11.9. The first kappa shape index (κ1) is 22.1. The maximum atomic E-state index is 12.4. The predicted octanol–water partition coefficient (Wildman–Crippen LogP) is 4.43. The molecular weight excluding hydrogens is 433 g/mol. The molecule has 2 aromatic rings. The molecule has 2 heterocycles. The molecule has 31 heavy (non-hydrogen) atoms. The van der Waals surface area contributed by atoms with Crippen LogP contribution in [0.4, 0.5) is 0 Å². The van der Waals surface area contributed by atoms with Gasteiger partial charge in [0.1, 0.15) is 0 Å². The quantitative estimate of drug-likeness (QED) is 0.643. The van der Waals surface area contributed by atoms with Crippen molar-refractivity contribution in [3.05, 3.63) is 69.7 Å². The van der Waals surface area contributed by atoms with E-state index < -0.39 is 0 Å². The van der Waals surface area contributed by atoms with Crippen LogP contribution in [0, 0.1) is 0 Å². The fraction of sp³-hybridized carbons (Fsp3) is 0.417. The standard InChI is InChI=1S/C24H27Cl2N3O2/c25-18-6-4-16(5-7-18)15-29-21-8-9-22(29)14-20(13-21)28-23(30)10-11-27-24(31)17-2-1-3-19(26)12-17/h1-7,12,20-22H,8-11,13-15H2,(H,27,31)(H,28,30)/t20-,21+,22-. The molecule has 2 aliphatic heterocycles. The molecule has 2 N–H and O–H groups in total. The van der Waals surface area contributed by atoms with E-state index >= 15 is 0 Å². The Morgan fingerprint density at radius 3 is 2.35 bits per heavy atom. The third-order valence-electron chi connectivity index (χ3n) is 6.25. The normalized spacial score (nSPS) is 22.8. The number of halogens is 2. The highest BCUT2D eigenvalue weighted by molar-refractivity contribution is 6.31. The van der Waals surface area contributed by atoms with Crippen LogP contribution in [0.3, 0.4) is 0 Å². The number of rotatable bonds is 7. The summed E-state index contributed by atoms with van der Waals surface area (Å²) in [5, 5.41) is 7.24. The summed E-state index contributed by atoms with van der Waals surface area (Å²) in [6, 6.07) is 16.0. The van der Waals surface area contributed by atoms with Gasteiger partial charge in [0, 0.05) is 53.2 Å². The third-order valence-corrected chi connectivity index (χ3v) is 6.74. The third kappa shape index (κ3) is 5.79. The zero-order chi connectivity index (χ0) is 21.8. The lowest BCUT2D eigenvalue weighted by molar-refractivity contribution is -0.122. The van der Waals surface area contributed by atoms with Crippen LogP contribution < -0.4 is 10.6 Å². The van der Waals surface area contributed by atoms with Crippen LogP contribution in [0.5, 0.6) is 0 Å². The van der Waals surface area contributed by atoms with Gasteiger partial charge in [0.25, 0.3) is 5.91 Å². The minimum Gasteiger partial charge on any atom is -0.353 e. The first-order chi connectivity index (χ1) is 15.0. The lowest BCUT2D eigenvalue weighted by atomic mass is 9.96. The maximum absolute atomic E-state index is 12.4. The molecule has 0 saturated carbocycles. The topological polar surface area (TPSA) is 61.4 Å². The number of hydrogen-bond acceptors (Lipinski definition) is 3. The minimum absolute atomic E-state index is 0.0121. The number of amides is 2. The summed E-state index contributed by atoms with van der Waals surface area (Å²) in [7, 11) is 0. The van der Waals surface area contributed by atoms with Crippen molar-refractivity contribution >= 4 is 35.0 Å². The number of fused-ring (bicyclic) bond motifs is 2. The molecule has 0 unspecified atom stereocenters. The number of hydrogen-bond donors (Lipinski definition) is 2. The van der Waals surface area contributed by atoms with Crippen molar-refractivity contribution in [2.75, 3.05) is 6.54 Å². The lowest BCUT2D eigenvalue weighted by Gasteiger charge is -2.39. The van der Waals surface area contributed by atoms with Gasteiger partial charge in [0.2, 0.25) is 5.91 Å². The molecule has 2 bridgehead atoms. The van der Waals surface area contributed by atoms with Crippen molar-refractivity contribution in [2.24, 2.45) is 0 Å². The number of piperidine rings is 1. The zero-order valence-corrected chi connectivity index (χ0v) is 18.8. The second-order valence-electron chi connectivity index (χ2n) is 8.44. The monoisotopic (exact) mass is 459 g/mol. The van der Waals surface area contributed by atoms with E-state index in [1.54, 1.807) is 24.3 Å².